The molecule has 6 nitrogen and oxygen atoms in total. The van der Waals surface area contributed by atoms with Crippen LogP contribution < -0.4 is 10.6 Å². The number of rotatable bonds is 5. The van der Waals surface area contributed by atoms with Crippen LogP contribution in [0.3, 0.4) is 0 Å². The lowest BCUT2D eigenvalue weighted by Crippen LogP contribution is -2.41. The highest BCUT2D eigenvalue weighted by molar-refractivity contribution is 7.18. The zero-order valence-corrected chi connectivity index (χ0v) is 16.5. The second-order valence-corrected chi connectivity index (χ2v) is 6.99. The Balaban J connectivity index is 0.00000121. The molecule has 1 aliphatic heterocycles. The number of amides is 1. The maximum absolute atomic E-state index is 12.4. The summed E-state index contributed by atoms with van der Waals surface area (Å²) in [6.45, 7) is 1.44. The van der Waals surface area contributed by atoms with Gasteiger partial charge in [-0.05, 0) is 18.6 Å². The van der Waals surface area contributed by atoms with Crippen LogP contribution in [0.2, 0.25) is 0 Å². The minimum absolute atomic E-state index is 0. The van der Waals surface area contributed by atoms with Gasteiger partial charge in [0.2, 0.25) is 5.91 Å². The molecule has 3 aromatic rings. The molecular formula is C17H21Cl2N5OS. The summed E-state index contributed by atoms with van der Waals surface area (Å²) in [4.78, 5) is 24.4. The monoisotopic (exact) mass is 413 g/mol. The summed E-state index contributed by atoms with van der Waals surface area (Å²) >= 11 is 1.73. The van der Waals surface area contributed by atoms with Crippen molar-refractivity contribution in [1.82, 2.24) is 25.6 Å². The van der Waals surface area contributed by atoms with E-state index in [1.807, 2.05) is 18.2 Å². The Bertz CT molecular complexity index is 833. The van der Waals surface area contributed by atoms with Gasteiger partial charge in [0.05, 0.1) is 27.2 Å². The molecule has 0 fully saturated rings. The van der Waals surface area contributed by atoms with Crippen molar-refractivity contribution in [3.63, 3.8) is 0 Å². The molecule has 3 N–H and O–H groups in total. The molecule has 0 saturated heterocycles. The van der Waals surface area contributed by atoms with E-state index in [0.29, 0.717) is 6.54 Å². The molecule has 140 valence electrons. The number of fused-ring (bicyclic) bond motifs is 2. The maximum atomic E-state index is 12.4. The molecule has 9 heteroatoms. The Hall–Kier alpha value is -1.67. The number of H-pyrrole nitrogens is 1. The molecule has 1 amide bonds. The Morgan fingerprint density at radius 2 is 2.15 bits per heavy atom. The van der Waals surface area contributed by atoms with Crippen LogP contribution in [-0.2, 0) is 17.6 Å². The number of para-hydroxylation sites is 1. The van der Waals surface area contributed by atoms with E-state index in [1.54, 1.807) is 17.7 Å². The molecule has 0 saturated carbocycles. The number of carbonyl (C=O) groups is 1. The van der Waals surface area contributed by atoms with Crippen LogP contribution in [0.4, 0.5) is 0 Å². The first kappa shape index (κ1) is 20.6. The normalized spacial score (nSPS) is 15.6. The van der Waals surface area contributed by atoms with E-state index in [2.05, 4.69) is 31.7 Å². The molecule has 1 aliphatic rings. The number of thiazole rings is 1. The fourth-order valence-corrected chi connectivity index (χ4v) is 4.02. The van der Waals surface area contributed by atoms with Gasteiger partial charge in [-0.2, -0.15) is 0 Å². The summed E-state index contributed by atoms with van der Waals surface area (Å²) < 4.78 is 1.22. The average Bonchev–Trinajstić information content (AvgIpc) is 3.24. The van der Waals surface area contributed by atoms with E-state index in [4.69, 9.17) is 0 Å². The predicted molar refractivity (Wildman–Crippen MR) is 108 cm³/mol. The Morgan fingerprint density at radius 1 is 1.31 bits per heavy atom. The van der Waals surface area contributed by atoms with Gasteiger partial charge in [-0.25, -0.2) is 9.97 Å². The largest absolute Gasteiger partial charge is 0.354 e. The first-order valence-corrected chi connectivity index (χ1v) is 9.00. The molecule has 0 spiro atoms. The van der Waals surface area contributed by atoms with Gasteiger partial charge in [-0.15, -0.1) is 36.2 Å². The number of halogens is 2. The second-order valence-electron chi connectivity index (χ2n) is 5.87. The van der Waals surface area contributed by atoms with E-state index in [0.717, 1.165) is 47.7 Å². The van der Waals surface area contributed by atoms with Crippen LogP contribution in [0, 0.1) is 0 Å². The molecule has 26 heavy (non-hydrogen) atoms. The molecule has 4 rings (SSSR count). The van der Waals surface area contributed by atoms with Gasteiger partial charge >= 0.3 is 0 Å². The topological polar surface area (TPSA) is 82.7 Å². The Labute approximate surface area is 168 Å². The molecule has 0 aliphatic carbocycles. The number of nitrogens with one attached hydrogen (secondary N) is 3. The highest BCUT2D eigenvalue weighted by Gasteiger charge is 2.27. The number of aromatic nitrogens is 3. The average molecular weight is 414 g/mol. The first-order chi connectivity index (χ1) is 11.8. The molecule has 2 aromatic heterocycles. The van der Waals surface area contributed by atoms with Crippen molar-refractivity contribution in [1.29, 1.82) is 0 Å². The Kier molecular flexibility index (Phi) is 7.40. The minimum atomic E-state index is -0.345. The Morgan fingerprint density at radius 3 is 3.00 bits per heavy atom. The predicted octanol–water partition coefficient (Wildman–Crippen LogP) is 2.80. The van der Waals surface area contributed by atoms with Crippen molar-refractivity contribution in [3.8, 4) is 0 Å². The van der Waals surface area contributed by atoms with Crippen molar-refractivity contribution in [3.05, 3.63) is 47.0 Å². The SMILES string of the molecule is Cl.Cl.O=C(NCCCc1nc2ccccc2s1)C1NCCc2[nH]cnc21. The zero-order chi connectivity index (χ0) is 16.4. The molecule has 1 aromatic carbocycles. The summed E-state index contributed by atoms with van der Waals surface area (Å²) in [7, 11) is 0. The van der Waals surface area contributed by atoms with Crippen LogP contribution in [0.1, 0.15) is 28.9 Å². The highest BCUT2D eigenvalue weighted by atomic mass is 35.5. The third-order valence-electron chi connectivity index (χ3n) is 4.22. The second kappa shape index (κ2) is 9.32. The minimum Gasteiger partial charge on any atom is -0.354 e. The number of carbonyl (C=O) groups excluding carboxylic acids is 1. The van der Waals surface area contributed by atoms with Gasteiger partial charge in [0.25, 0.3) is 0 Å². The van der Waals surface area contributed by atoms with Crippen molar-refractivity contribution in [2.24, 2.45) is 0 Å². The quantitative estimate of drug-likeness (QED) is 0.561. The van der Waals surface area contributed by atoms with Gasteiger partial charge < -0.3 is 15.6 Å². The van der Waals surface area contributed by atoms with Crippen LogP contribution >= 0.6 is 36.2 Å². The molecule has 1 atom stereocenters. The van der Waals surface area contributed by atoms with Crippen molar-refractivity contribution < 1.29 is 4.79 Å². The molecule has 1 unspecified atom stereocenters. The van der Waals surface area contributed by atoms with E-state index in [-0.39, 0.29) is 36.8 Å². The number of benzene rings is 1. The molecule has 3 heterocycles. The highest BCUT2D eigenvalue weighted by Crippen LogP contribution is 2.22. The van der Waals surface area contributed by atoms with Crippen molar-refractivity contribution >= 4 is 52.3 Å². The number of aryl methyl sites for hydroxylation is 1. The summed E-state index contributed by atoms with van der Waals surface area (Å²) in [5, 5.41) is 7.36. The van der Waals surface area contributed by atoms with Gasteiger partial charge in [0.1, 0.15) is 6.04 Å². The molecule has 0 radical (unpaired) electrons. The van der Waals surface area contributed by atoms with Crippen molar-refractivity contribution in [2.75, 3.05) is 13.1 Å². The molecular weight excluding hydrogens is 393 g/mol. The third-order valence-corrected chi connectivity index (χ3v) is 5.31. The lowest BCUT2D eigenvalue weighted by molar-refractivity contribution is -0.123. The smallest absolute Gasteiger partial charge is 0.243 e. The fraction of sp³-hybridized carbons (Fsp3) is 0.353. The number of hydrogen-bond acceptors (Lipinski definition) is 5. The van der Waals surface area contributed by atoms with Crippen LogP contribution in [0.15, 0.2) is 30.6 Å². The molecule has 0 bridgehead atoms. The maximum Gasteiger partial charge on any atom is 0.243 e. The van der Waals surface area contributed by atoms with Gasteiger partial charge in [0, 0.05) is 31.6 Å². The van der Waals surface area contributed by atoms with Gasteiger partial charge in [-0.1, -0.05) is 12.1 Å². The zero-order valence-electron chi connectivity index (χ0n) is 14.0. The van der Waals surface area contributed by atoms with Gasteiger partial charge in [0.15, 0.2) is 0 Å². The number of hydrogen-bond donors (Lipinski definition) is 3. The first-order valence-electron chi connectivity index (χ1n) is 8.19. The van der Waals surface area contributed by atoms with Crippen LogP contribution in [0.5, 0.6) is 0 Å². The summed E-state index contributed by atoms with van der Waals surface area (Å²) in [5.41, 5.74) is 2.94. The van der Waals surface area contributed by atoms with E-state index >= 15 is 0 Å². The van der Waals surface area contributed by atoms with Crippen molar-refractivity contribution in [2.45, 2.75) is 25.3 Å². The number of imidazole rings is 1. The fourth-order valence-electron chi connectivity index (χ4n) is 3.02. The van der Waals surface area contributed by atoms with E-state index in [9.17, 15) is 4.79 Å². The van der Waals surface area contributed by atoms with E-state index < -0.39 is 0 Å². The lowest BCUT2D eigenvalue weighted by atomic mass is 10.1. The van der Waals surface area contributed by atoms with Crippen LogP contribution in [0.25, 0.3) is 10.2 Å². The number of aromatic amines is 1. The number of nitrogens with zero attached hydrogens (tertiary/aromatic N) is 2. The van der Waals surface area contributed by atoms with Gasteiger partial charge in [-0.3, -0.25) is 4.79 Å². The van der Waals surface area contributed by atoms with Crippen LogP contribution in [-0.4, -0.2) is 33.9 Å². The van der Waals surface area contributed by atoms with E-state index in [1.165, 1.54) is 4.70 Å². The summed E-state index contributed by atoms with van der Waals surface area (Å²) in [6.07, 6.45) is 4.30. The lowest BCUT2D eigenvalue weighted by Gasteiger charge is -2.22. The third kappa shape index (κ3) is 4.35. The summed E-state index contributed by atoms with van der Waals surface area (Å²) in [5.74, 6) is -0.00708. The standard InChI is InChI=1S/C17H19N5OS.2ClH/c23-17(16-15-12(7-9-18-16)20-10-21-15)19-8-3-6-14-22-11-4-1-2-5-13(11)24-14;;/h1-2,4-5,10,16,18H,3,6-9H2,(H,19,23)(H,20,21);2*1H. The summed E-state index contributed by atoms with van der Waals surface area (Å²) in [6, 6.07) is 7.82.